The Morgan fingerprint density at radius 3 is 1.71 bits per heavy atom. The summed E-state index contributed by atoms with van der Waals surface area (Å²) >= 11 is 0. The van der Waals surface area contributed by atoms with E-state index in [0.717, 1.165) is 0 Å². The van der Waals surface area contributed by atoms with Gasteiger partial charge in [0, 0.05) is 0 Å². The molecule has 0 atom stereocenters. The van der Waals surface area contributed by atoms with E-state index in [1.807, 2.05) is 0 Å². The van der Waals surface area contributed by atoms with E-state index in [-0.39, 0.29) is 0 Å². The monoisotopic (exact) mass is 324 g/mol. The lowest BCUT2D eigenvalue weighted by Crippen LogP contribution is -2.59. The van der Waals surface area contributed by atoms with Crippen LogP contribution in [0.2, 0.25) is 0 Å². The van der Waals surface area contributed by atoms with Gasteiger partial charge in [-0.2, -0.15) is 0 Å². The minimum absolute atomic E-state index is 0.460. The van der Waals surface area contributed by atoms with Crippen molar-refractivity contribution in [2.24, 2.45) is 5.41 Å². The van der Waals surface area contributed by atoms with Crippen molar-refractivity contribution in [3.05, 3.63) is 84.1 Å². The van der Waals surface area contributed by atoms with E-state index in [2.05, 4.69) is 0 Å². The zero-order valence-corrected chi connectivity index (χ0v) is 12.8. The second-order valence-corrected chi connectivity index (χ2v) is 5.67. The van der Waals surface area contributed by atoms with Gasteiger partial charge in [0.25, 0.3) is 0 Å². The summed E-state index contributed by atoms with van der Waals surface area (Å²) in [5, 5.41) is 19.8. The Morgan fingerprint density at radius 2 is 1.29 bits per heavy atom. The van der Waals surface area contributed by atoms with Gasteiger partial charge < -0.3 is 14.9 Å². The van der Waals surface area contributed by atoms with E-state index in [0.29, 0.717) is 11.1 Å². The number of allylic oxidation sites excluding steroid dienone is 1. The van der Waals surface area contributed by atoms with Crippen molar-refractivity contribution in [1.82, 2.24) is 0 Å². The molecule has 0 amide bonds. The summed E-state index contributed by atoms with van der Waals surface area (Å²) in [6, 6.07) is 17.6. The maximum Gasteiger partial charge on any atom is 0.326 e. The molecular weight excluding hydrogens is 308 g/mol. The number of benzene rings is 2. The van der Waals surface area contributed by atoms with Crippen LogP contribution in [0.15, 0.2) is 73.0 Å². The van der Waals surface area contributed by atoms with Crippen LogP contribution >= 0.6 is 0 Å². The number of aliphatic carboxylic acids is 2. The first-order chi connectivity index (χ1) is 11.6. The molecular formula is C19H16O5. The lowest BCUT2D eigenvalue weighted by molar-refractivity contribution is -0.173. The van der Waals surface area contributed by atoms with Gasteiger partial charge in [-0.3, -0.25) is 9.59 Å². The van der Waals surface area contributed by atoms with Gasteiger partial charge in [-0.05, 0) is 17.2 Å². The number of carboxylic acid groups (broad SMARTS) is 2. The quantitative estimate of drug-likeness (QED) is 0.845. The molecule has 0 aromatic heterocycles. The van der Waals surface area contributed by atoms with E-state index < -0.39 is 29.4 Å². The molecule has 0 radical (unpaired) electrons. The maximum absolute atomic E-state index is 12.2. The van der Waals surface area contributed by atoms with Gasteiger partial charge in [-0.1, -0.05) is 60.7 Å². The second kappa shape index (κ2) is 5.85. The lowest BCUT2D eigenvalue weighted by Gasteiger charge is -2.45. The molecule has 1 heterocycles. The van der Waals surface area contributed by atoms with Crippen molar-refractivity contribution in [2.75, 3.05) is 6.61 Å². The Morgan fingerprint density at radius 1 is 0.833 bits per heavy atom. The van der Waals surface area contributed by atoms with Crippen LogP contribution in [-0.2, 0) is 19.7 Å². The molecule has 2 aromatic rings. The number of carbonyl (C=O) groups is 2. The highest BCUT2D eigenvalue weighted by Gasteiger charge is 2.65. The number of hydrogen-bond donors (Lipinski definition) is 2. The largest absolute Gasteiger partial charge is 0.500 e. The number of rotatable bonds is 4. The average Bonchev–Trinajstić information content (AvgIpc) is 2.62. The number of ether oxygens (including phenoxy) is 1. The van der Waals surface area contributed by atoms with E-state index in [1.165, 1.54) is 12.3 Å². The van der Waals surface area contributed by atoms with Crippen LogP contribution in [0.25, 0.3) is 0 Å². The third kappa shape index (κ3) is 2.01. The average molecular weight is 324 g/mol. The molecule has 0 saturated heterocycles. The fraction of sp³-hybridized carbons (Fsp3) is 0.158. The molecule has 0 bridgehead atoms. The van der Waals surface area contributed by atoms with Crippen LogP contribution in [0.1, 0.15) is 11.1 Å². The lowest BCUT2D eigenvalue weighted by atomic mass is 9.56. The molecule has 24 heavy (non-hydrogen) atoms. The molecule has 2 aromatic carbocycles. The molecule has 0 aliphatic carbocycles. The van der Waals surface area contributed by atoms with Crippen LogP contribution in [-0.4, -0.2) is 28.8 Å². The normalized spacial score (nSPS) is 17.7. The minimum atomic E-state index is -2.18. The number of carboxylic acids is 2. The predicted octanol–water partition coefficient (Wildman–Crippen LogP) is 2.67. The van der Waals surface area contributed by atoms with Crippen LogP contribution in [0.3, 0.4) is 0 Å². The molecule has 0 fully saturated rings. The van der Waals surface area contributed by atoms with Crippen molar-refractivity contribution in [1.29, 1.82) is 0 Å². The third-order valence-electron chi connectivity index (χ3n) is 4.58. The Labute approximate surface area is 138 Å². The molecule has 0 unspecified atom stereocenters. The van der Waals surface area contributed by atoms with Gasteiger partial charge in [-0.25, -0.2) is 0 Å². The Bertz CT molecular complexity index is 726. The van der Waals surface area contributed by atoms with Gasteiger partial charge >= 0.3 is 11.9 Å². The molecule has 1 aliphatic rings. The van der Waals surface area contributed by atoms with Gasteiger partial charge in [-0.15, -0.1) is 0 Å². The van der Waals surface area contributed by atoms with Gasteiger partial charge in [0.05, 0.1) is 11.7 Å². The SMILES string of the molecule is O=C(O)C1(C(=O)O)COC=CC1(c1ccccc1)c1ccccc1. The Balaban J connectivity index is 2.43. The third-order valence-corrected chi connectivity index (χ3v) is 4.58. The van der Waals surface area contributed by atoms with Crippen molar-refractivity contribution in [3.63, 3.8) is 0 Å². The van der Waals surface area contributed by atoms with E-state index in [1.54, 1.807) is 60.7 Å². The molecule has 2 N–H and O–H groups in total. The first-order valence-corrected chi connectivity index (χ1v) is 7.43. The van der Waals surface area contributed by atoms with Crippen molar-refractivity contribution in [2.45, 2.75) is 5.41 Å². The Kier molecular flexibility index (Phi) is 3.85. The first-order valence-electron chi connectivity index (χ1n) is 7.43. The predicted molar refractivity (Wildman–Crippen MR) is 86.5 cm³/mol. The zero-order valence-electron chi connectivity index (χ0n) is 12.8. The number of hydrogen-bond acceptors (Lipinski definition) is 3. The molecule has 5 nitrogen and oxygen atoms in total. The van der Waals surface area contributed by atoms with Crippen LogP contribution in [0.5, 0.6) is 0 Å². The summed E-state index contributed by atoms with van der Waals surface area (Å²) in [4.78, 5) is 24.4. The second-order valence-electron chi connectivity index (χ2n) is 5.67. The van der Waals surface area contributed by atoms with Crippen molar-refractivity contribution >= 4 is 11.9 Å². The van der Waals surface area contributed by atoms with Crippen molar-refractivity contribution < 1.29 is 24.5 Å². The van der Waals surface area contributed by atoms with Crippen molar-refractivity contribution in [3.8, 4) is 0 Å². The van der Waals surface area contributed by atoms with E-state index in [9.17, 15) is 19.8 Å². The summed E-state index contributed by atoms with van der Waals surface area (Å²) in [5.74, 6) is -2.88. The summed E-state index contributed by atoms with van der Waals surface area (Å²) in [6.45, 7) is -0.460. The molecule has 5 heteroatoms. The highest BCUT2D eigenvalue weighted by molar-refractivity contribution is 6.02. The summed E-state index contributed by atoms with van der Waals surface area (Å²) in [6.07, 6.45) is 2.91. The fourth-order valence-electron chi connectivity index (χ4n) is 3.39. The van der Waals surface area contributed by atoms with Crippen LogP contribution in [0.4, 0.5) is 0 Å². The summed E-state index contributed by atoms with van der Waals surface area (Å²) < 4.78 is 5.16. The zero-order chi connectivity index (χ0) is 17.2. The molecule has 3 rings (SSSR count). The smallest absolute Gasteiger partial charge is 0.326 e. The van der Waals surface area contributed by atoms with Gasteiger partial charge in [0.1, 0.15) is 6.61 Å². The van der Waals surface area contributed by atoms with Crippen LogP contribution in [0, 0.1) is 5.41 Å². The maximum atomic E-state index is 12.2. The summed E-state index contributed by atoms with van der Waals surface area (Å²) in [7, 11) is 0. The van der Waals surface area contributed by atoms with Gasteiger partial charge in [0.15, 0.2) is 0 Å². The summed E-state index contributed by atoms with van der Waals surface area (Å²) in [5.41, 5.74) is -2.39. The molecule has 1 aliphatic heterocycles. The van der Waals surface area contributed by atoms with E-state index in [4.69, 9.17) is 4.74 Å². The standard InChI is InChI=1S/C19H16O5/c20-16(21)19(17(22)23)13-24-12-11-18(19,14-7-3-1-4-8-14)15-9-5-2-6-10-15/h1-12H,13H2,(H,20,21)(H,22,23). The van der Waals surface area contributed by atoms with Gasteiger partial charge in [0.2, 0.25) is 5.41 Å². The fourth-order valence-corrected chi connectivity index (χ4v) is 3.39. The minimum Gasteiger partial charge on any atom is -0.500 e. The van der Waals surface area contributed by atoms with E-state index >= 15 is 0 Å². The molecule has 0 saturated carbocycles. The highest BCUT2D eigenvalue weighted by Crippen LogP contribution is 2.51. The molecule has 0 spiro atoms. The van der Waals surface area contributed by atoms with Crippen LogP contribution < -0.4 is 0 Å². The topological polar surface area (TPSA) is 83.8 Å². The Hall–Kier alpha value is -3.08. The molecule has 122 valence electrons. The first kappa shape index (κ1) is 15.8. The highest BCUT2D eigenvalue weighted by atomic mass is 16.5.